The summed E-state index contributed by atoms with van der Waals surface area (Å²) >= 11 is 1.41. The number of amides is 1. The lowest BCUT2D eigenvalue weighted by Gasteiger charge is -2.10. The van der Waals surface area contributed by atoms with Crippen LogP contribution in [0.25, 0.3) is 0 Å². The van der Waals surface area contributed by atoms with Crippen molar-refractivity contribution in [2.24, 2.45) is 11.8 Å². The first-order chi connectivity index (χ1) is 9.69. The first kappa shape index (κ1) is 15.1. The van der Waals surface area contributed by atoms with Gasteiger partial charge >= 0.3 is 0 Å². The fourth-order valence-corrected chi connectivity index (χ4v) is 3.36. The van der Waals surface area contributed by atoms with Gasteiger partial charge in [-0.15, -0.1) is 11.3 Å². The average molecular weight is 291 g/mol. The lowest BCUT2D eigenvalue weighted by atomic mass is 10.1. The van der Waals surface area contributed by atoms with Crippen molar-refractivity contribution in [1.82, 2.24) is 5.32 Å². The summed E-state index contributed by atoms with van der Waals surface area (Å²) < 4.78 is 0. The molecule has 0 saturated heterocycles. The molecule has 1 aromatic rings. The van der Waals surface area contributed by atoms with E-state index in [9.17, 15) is 4.79 Å². The maximum Gasteiger partial charge on any atom is 0.261 e. The molecule has 0 spiro atoms. The highest BCUT2D eigenvalue weighted by Crippen LogP contribution is 2.29. The summed E-state index contributed by atoms with van der Waals surface area (Å²) in [6.45, 7) is 3.14. The summed E-state index contributed by atoms with van der Waals surface area (Å²) in [7, 11) is 0. The van der Waals surface area contributed by atoms with E-state index in [0.717, 1.165) is 17.3 Å². The van der Waals surface area contributed by atoms with E-state index in [-0.39, 0.29) is 12.5 Å². The Morgan fingerprint density at radius 2 is 2.35 bits per heavy atom. The number of carbonyl (C=O) groups excluding carboxylic acids is 1. The normalized spacial score (nSPS) is 21.3. The van der Waals surface area contributed by atoms with Crippen molar-refractivity contribution in [1.29, 1.82) is 0 Å². The van der Waals surface area contributed by atoms with Crippen molar-refractivity contribution in [3.05, 3.63) is 21.9 Å². The molecule has 0 aliphatic heterocycles. The van der Waals surface area contributed by atoms with Crippen molar-refractivity contribution >= 4 is 17.2 Å². The fourth-order valence-electron chi connectivity index (χ4n) is 2.57. The molecule has 1 aromatic heterocycles. The second kappa shape index (κ2) is 7.47. The quantitative estimate of drug-likeness (QED) is 0.838. The number of rotatable bonds is 4. The first-order valence-electron chi connectivity index (χ1n) is 7.16. The van der Waals surface area contributed by atoms with E-state index in [2.05, 4.69) is 24.1 Å². The molecule has 1 saturated carbocycles. The van der Waals surface area contributed by atoms with Crippen molar-refractivity contribution in [3.63, 3.8) is 0 Å². The van der Waals surface area contributed by atoms with Crippen LogP contribution in [0.1, 0.15) is 47.2 Å². The van der Waals surface area contributed by atoms with Gasteiger partial charge in [-0.25, -0.2) is 0 Å². The zero-order valence-electron chi connectivity index (χ0n) is 11.8. The number of carbonyl (C=O) groups is 1. The molecule has 0 radical (unpaired) electrons. The van der Waals surface area contributed by atoms with Gasteiger partial charge in [0.05, 0.1) is 16.4 Å². The second-order valence-corrected chi connectivity index (χ2v) is 6.52. The van der Waals surface area contributed by atoms with E-state index in [4.69, 9.17) is 5.11 Å². The molecule has 108 valence electrons. The van der Waals surface area contributed by atoms with Gasteiger partial charge in [-0.05, 0) is 36.8 Å². The minimum absolute atomic E-state index is 0.00441. The second-order valence-electron chi connectivity index (χ2n) is 5.43. The molecule has 3 nitrogen and oxygen atoms in total. The third-order valence-electron chi connectivity index (χ3n) is 3.63. The number of hydrogen-bond acceptors (Lipinski definition) is 3. The standard InChI is InChI=1S/C16H21NO2S/c1-12-5-6-13(10-12)11-17-16(19)15-8-7-14(20-15)4-2-3-9-18/h7-8,12-13,18H,3,5-6,9-11H2,1H3,(H,17,19). The van der Waals surface area contributed by atoms with Crippen LogP contribution in [0.15, 0.2) is 12.1 Å². The molecule has 0 bridgehead atoms. The molecule has 2 rings (SSSR count). The van der Waals surface area contributed by atoms with Gasteiger partial charge in [-0.2, -0.15) is 0 Å². The molecule has 4 heteroatoms. The lowest BCUT2D eigenvalue weighted by molar-refractivity contribution is 0.0951. The van der Waals surface area contributed by atoms with Gasteiger partial charge in [0, 0.05) is 13.0 Å². The van der Waals surface area contributed by atoms with Crippen LogP contribution in [0.3, 0.4) is 0 Å². The Balaban J connectivity index is 1.82. The summed E-state index contributed by atoms with van der Waals surface area (Å²) in [5, 5.41) is 11.7. The maximum atomic E-state index is 12.0. The topological polar surface area (TPSA) is 49.3 Å². The summed E-state index contributed by atoms with van der Waals surface area (Å²) in [6.07, 6.45) is 4.20. The number of hydrogen-bond donors (Lipinski definition) is 2. The Bertz CT molecular complexity index is 512. The molecule has 2 N–H and O–H groups in total. The average Bonchev–Trinajstić information content (AvgIpc) is 3.06. The van der Waals surface area contributed by atoms with Gasteiger partial charge < -0.3 is 10.4 Å². The zero-order valence-corrected chi connectivity index (χ0v) is 12.6. The van der Waals surface area contributed by atoms with Crippen LogP contribution in [0.2, 0.25) is 0 Å². The minimum atomic E-state index is 0.00441. The number of aliphatic hydroxyl groups excluding tert-OH is 1. The Kier molecular flexibility index (Phi) is 5.63. The largest absolute Gasteiger partial charge is 0.395 e. The molecule has 1 aliphatic carbocycles. The van der Waals surface area contributed by atoms with Gasteiger partial charge in [-0.1, -0.05) is 25.2 Å². The molecule has 0 aromatic carbocycles. The number of thiophene rings is 1. The van der Waals surface area contributed by atoms with Crippen molar-refractivity contribution < 1.29 is 9.90 Å². The molecular formula is C16H21NO2S. The summed E-state index contributed by atoms with van der Waals surface area (Å²) in [5.41, 5.74) is 0. The molecule has 20 heavy (non-hydrogen) atoms. The van der Waals surface area contributed by atoms with Crippen molar-refractivity contribution in [2.45, 2.75) is 32.6 Å². The molecule has 1 heterocycles. The molecular weight excluding hydrogens is 270 g/mol. The minimum Gasteiger partial charge on any atom is -0.395 e. The Hall–Kier alpha value is -1.31. The van der Waals surface area contributed by atoms with Crippen LogP contribution in [0.4, 0.5) is 0 Å². The van der Waals surface area contributed by atoms with E-state index >= 15 is 0 Å². The van der Waals surface area contributed by atoms with Crippen molar-refractivity contribution in [3.8, 4) is 11.8 Å². The Morgan fingerprint density at radius 1 is 1.50 bits per heavy atom. The van der Waals surface area contributed by atoms with Crippen LogP contribution in [0.5, 0.6) is 0 Å². The lowest BCUT2D eigenvalue weighted by Crippen LogP contribution is -2.27. The van der Waals surface area contributed by atoms with E-state index in [1.165, 1.54) is 30.6 Å². The van der Waals surface area contributed by atoms with Crippen LogP contribution in [-0.2, 0) is 0 Å². The van der Waals surface area contributed by atoms with Crippen LogP contribution >= 0.6 is 11.3 Å². The highest BCUT2D eigenvalue weighted by Gasteiger charge is 2.21. The van der Waals surface area contributed by atoms with E-state index in [1.807, 2.05) is 12.1 Å². The monoisotopic (exact) mass is 291 g/mol. The Morgan fingerprint density at radius 3 is 3.05 bits per heavy atom. The smallest absolute Gasteiger partial charge is 0.261 e. The third kappa shape index (κ3) is 4.36. The van der Waals surface area contributed by atoms with E-state index in [0.29, 0.717) is 17.2 Å². The molecule has 2 unspecified atom stereocenters. The molecule has 2 atom stereocenters. The van der Waals surface area contributed by atoms with Gasteiger partial charge in [-0.3, -0.25) is 4.79 Å². The van der Waals surface area contributed by atoms with E-state index < -0.39 is 0 Å². The van der Waals surface area contributed by atoms with Crippen LogP contribution in [0, 0.1) is 23.7 Å². The zero-order chi connectivity index (χ0) is 14.4. The summed E-state index contributed by atoms with van der Waals surface area (Å²) in [6, 6.07) is 3.68. The van der Waals surface area contributed by atoms with Crippen LogP contribution in [-0.4, -0.2) is 24.2 Å². The highest BCUT2D eigenvalue weighted by atomic mass is 32.1. The number of nitrogens with one attached hydrogen (secondary N) is 1. The predicted molar refractivity (Wildman–Crippen MR) is 81.7 cm³/mol. The van der Waals surface area contributed by atoms with E-state index in [1.54, 1.807) is 0 Å². The third-order valence-corrected chi connectivity index (χ3v) is 4.63. The van der Waals surface area contributed by atoms with Gasteiger partial charge in [0.15, 0.2) is 0 Å². The SMILES string of the molecule is CC1CCC(CNC(=O)c2ccc(C#CCCO)s2)C1. The van der Waals surface area contributed by atoms with Gasteiger partial charge in [0.25, 0.3) is 5.91 Å². The maximum absolute atomic E-state index is 12.0. The molecule has 1 amide bonds. The first-order valence-corrected chi connectivity index (χ1v) is 7.98. The highest BCUT2D eigenvalue weighted by molar-refractivity contribution is 7.14. The summed E-state index contributed by atoms with van der Waals surface area (Å²) in [5.74, 6) is 7.26. The van der Waals surface area contributed by atoms with Gasteiger partial charge in [0.1, 0.15) is 0 Å². The van der Waals surface area contributed by atoms with Crippen LogP contribution < -0.4 is 5.32 Å². The van der Waals surface area contributed by atoms with Gasteiger partial charge in [0.2, 0.25) is 0 Å². The summed E-state index contributed by atoms with van der Waals surface area (Å²) in [4.78, 5) is 13.6. The molecule has 1 fully saturated rings. The predicted octanol–water partition coefficient (Wildman–Crippen LogP) is 2.65. The van der Waals surface area contributed by atoms with Crippen molar-refractivity contribution in [2.75, 3.05) is 13.2 Å². The molecule has 1 aliphatic rings. The number of aliphatic hydroxyl groups is 1. The fraction of sp³-hybridized carbons (Fsp3) is 0.562. The Labute approximate surface area is 124 Å².